The Balaban J connectivity index is 1.41. The van der Waals surface area contributed by atoms with E-state index in [1.165, 1.54) is 31.2 Å². The summed E-state index contributed by atoms with van der Waals surface area (Å²) < 4.78 is 1.09. The number of fused-ring (bicyclic) bond motifs is 2. The highest BCUT2D eigenvalue weighted by molar-refractivity contribution is 9.10. The van der Waals surface area contributed by atoms with Gasteiger partial charge in [0.05, 0.1) is 0 Å². The van der Waals surface area contributed by atoms with E-state index in [1.54, 1.807) is 0 Å². The number of carbonyl (C=O) groups excluding carboxylic acids is 1. The van der Waals surface area contributed by atoms with Gasteiger partial charge < -0.3 is 10.6 Å². The molecule has 0 radical (unpaired) electrons. The zero-order valence-corrected chi connectivity index (χ0v) is 18.4. The summed E-state index contributed by atoms with van der Waals surface area (Å²) in [5.74, 6) is 2.54. The molecule has 3 heterocycles. The van der Waals surface area contributed by atoms with Crippen LogP contribution in [-0.4, -0.2) is 47.0 Å². The fraction of sp³-hybridized carbons (Fsp3) is 0.545. The first-order valence-corrected chi connectivity index (χ1v) is 11.6. The van der Waals surface area contributed by atoms with E-state index < -0.39 is 0 Å². The molecule has 0 aromatic heterocycles. The maximum absolute atomic E-state index is 13.3. The lowest BCUT2D eigenvalue weighted by Crippen LogP contribution is -2.53. The van der Waals surface area contributed by atoms with Gasteiger partial charge in [0.15, 0.2) is 6.17 Å². The highest BCUT2D eigenvalue weighted by Crippen LogP contribution is 2.35. The predicted molar refractivity (Wildman–Crippen MR) is 117 cm³/mol. The summed E-state index contributed by atoms with van der Waals surface area (Å²) in [6.45, 7) is 3.55. The number of halogens is 1. The average molecular weight is 458 g/mol. The van der Waals surface area contributed by atoms with Crippen molar-refractivity contribution in [1.82, 2.24) is 20.4 Å². The minimum Gasteiger partial charge on any atom is -0.365 e. The minimum absolute atomic E-state index is 0.0830. The number of nitrogens with zero attached hydrogens (tertiary/aromatic N) is 3. The molecule has 2 fully saturated rings. The van der Waals surface area contributed by atoms with Crippen molar-refractivity contribution in [3.63, 3.8) is 0 Å². The number of amidine groups is 1. The van der Waals surface area contributed by atoms with Crippen molar-refractivity contribution < 1.29 is 4.79 Å². The zero-order valence-electron chi connectivity index (χ0n) is 16.8. The van der Waals surface area contributed by atoms with Crippen LogP contribution in [0.3, 0.4) is 0 Å². The summed E-state index contributed by atoms with van der Waals surface area (Å²) in [5.41, 5.74) is 2.34. The first-order chi connectivity index (χ1) is 14.1. The smallest absolute Gasteiger partial charge is 0.327 e. The number of nitrogens with one attached hydrogen (secondary N) is 2. The maximum atomic E-state index is 13.3. The largest absolute Gasteiger partial charge is 0.365 e. The molecule has 7 heteroatoms. The molecular formula is C22H28BrN5O. The second kappa shape index (κ2) is 7.67. The van der Waals surface area contributed by atoms with Crippen molar-refractivity contribution in [2.24, 2.45) is 10.9 Å². The van der Waals surface area contributed by atoms with Crippen LogP contribution in [0, 0.1) is 5.92 Å². The number of hydrogen-bond acceptors (Lipinski definition) is 4. The summed E-state index contributed by atoms with van der Waals surface area (Å²) in [6.07, 6.45) is 6.59. The first kappa shape index (κ1) is 19.0. The van der Waals surface area contributed by atoms with Gasteiger partial charge in [0.1, 0.15) is 17.4 Å². The Hall–Kier alpha value is -2.02. The van der Waals surface area contributed by atoms with Gasteiger partial charge in [-0.2, -0.15) is 0 Å². The average Bonchev–Trinajstić information content (AvgIpc) is 3.45. The topological polar surface area (TPSA) is 60.0 Å². The van der Waals surface area contributed by atoms with E-state index in [4.69, 9.17) is 4.99 Å². The third-order valence-corrected chi connectivity index (χ3v) is 6.95. The summed E-state index contributed by atoms with van der Waals surface area (Å²) in [4.78, 5) is 22.2. The summed E-state index contributed by atoms with van der Waals surface area (Å²) >= 11 is 3.50. The number of benzene rings is 1. The minimum atomic E-state index is -0.191. The fourth-order valence-electron chi connectivity index (χ4n) is 5.01. The van der Waals surface area contributed by atoms with E-state index in [1.807, 2.05) is 9.80 Å². The molecule has 29 heavy (non-hydrogen) atoms. The Morgan fingerprint density at radius 1 is 1.21 bits per heavy atom. The third kappa shape index (κ3) is 3.43. The maximum Gasteiger partial charge on any atom is 0.327 e. The molecular weight excluding hydrogens is 430 g/mol. The summed E-state index contributed by atoms with van der Waals surface area (Å²) in [5, 5.41) is 7.27. The second-order valence-electron chi connectivity index (χ2n) is 8.52. The Labute approximate surface area is 180 Å². The molecule has 3 aliphatic heterocycles. The van der Waals surface area contributed by atoms with Crippen LogP contribution < -0.4 is 10.6 Å². The van der Waals surface area contributed by atoms with Gasteiger partial charge in [-0.3, -0.25) is 9.80 Å². The number of hydrogen-bond donors (Lipinski definition) is 2. The van der Waals surface area contributed by atoms with Gasteiger partial charge in [-0.25, -0.2) is 9.79 Å². The molecule has 1 unspecified atom stereocenters. The SMILES string of the molecule is CCCN1C(=O)N2C[C@@H](Cc3ccc(Br)cc3)NC2=C2NC(C3CCCC3)=NC21. The van der Waals surface area contributed by atoms with Crippen molar-refractivity contribution in [2.75, 3.05) is 13.1 Å². The second-order valence-corrected chi connectivity index (χ2v) is 9.43. The summed E-state index contributed by atoms with van der Waals surface area (Å²) in [7, 11) is 0. The molecule has 2 atom stereocenters. The van der Waals surface area contributed by atoms with Crippen molar-refractivity contribution in [3.05, 3.63) is 45.8 Å². The standard InChI is InChI=1S/C22H28BrN5O/c1-2-11-27-21-18(25-19(26-21)15-5-3-4-6-15)20-24-17(13-28(20)22(27)29)12-14-7-9-16(23)10-8-14/h7-10,15,17,21,24H,2-6,11-13H2,1H3,(H,25,26)/t17-,21?/m1/s1. The van der Waals surface area contributed by atoms with Crippen molar-refractivity contribution >= 4 is 27.8 Å². The van der Waals surface area contributed by atoms with Gasteiger partial charge in [0.2, 0.25) is 0 Å². The van der Waals surface area contributed by atoms with Gasteiger partial charge in [0, 0.05) is 29.5 Å². The molecule has 1 aromatic carbocycles. The number of carbonyl (C=O) groups is 1. The van der Waals surface area contributed by atoms with E-state index in [0.717, 1.165) is 41.2 Å². The van der Waals surface area contributed by atoms with Crippen LogP contribution in [0.4, 0.5) is 4.79 Å². The lowest BCUT2D eigenvalue weighted by atomic mass is 10.1. The molecule has 0 spiro atoms. The molecule has 6 nitrogen and oxygen atoms in total. The quantitative estimate of drug-likeness (QED) is 0.706. The van der Waals surface area contributed by atoms with E-state index in [0.29, 0.717) is 12.5 Å². The van der Waals surface area contributed by atoms with Gasteiger partial charge in [-0.15, -0.1) is 0 Å². The van der Waals surface area contributed by atoms with E-state index in [2.05, 4.69) is 57.8 Å². The van der Waals surface area contributed by atoms with Crippen LogP contribution in [0.25, 0.3) is 0 Å². The van der Waals surface area contributed by atoms with Gasteiger partial charge in [-0.1, -0.05) is 47.8 Å². The van der Waals surface area contributed by atoms with Crippen LogP contribution in [0.1, 0.15) is 44.6 Å². The van der Waals surface area contributed by atoms with Gasteiger partial charge in [0.25, 0.3) is 0 Å². The lowest BCUT2D eigenvalue weighted by molar-refractivity contribution is 0.146. The molecule has 154 valence electrons. The van der Waals surface area contributed by atoms with Crippen molar-refractivity contribution in [1.29, 1.82) is 0 Å². The Kier molecular flexibility index (Phi) is 5.02. The molecule has 1 saturated carbocycles. The molecule has 5 rings (SSSR count). The Morgan fingerprint density at radius 3 is 2.69 bits per heavy atom. The van der Waals surface area contributed by atoms with Crippen LogP contribution in [-0.2, 0) is 6.42 Å². The molecule has 1 aromatic rings. The number of aliphatic imine (C=N–C) groups is 1. The zero-order chi connectivity index (χ0) is 20.0. The van der Waals surface area contributed by atoms with Gasteiger partial charge in [-0.05, 0) is 43.4 Å². The highest BCUT2D eigenvalue weighted by Gasteiger charge is 2.47. The van der Waals surface area contributed by atoms with E-state index in [-0.39, 0.29) is 18.2 Å². The van der Waals surface area contributed by atoms with Crippen LogP contribution in [0.15, 0.2) is 45.2 Å². The fourth-order valence-corrected chi connectivity index (χ4v) is 5.27. The molecule has 2 N–H and O–H groups in total. The number of amides is 2. The molecule has 1 saturated heterocycles. The monoisotopic (exact) mass is 457 g/mol. The lowest BCUT2D eigenvalue weighted by Gasteiger charge is -2.36. The van der Waals surface area contributed by atoms with Crippen LogP contribution in [0.2, 0.25) is 0 Å². The Bertz CT molecular complexity index is 858. The Morgan fingerprint density at radius 2 is 1.97 bits per heavy atom. The van der Waals surface area contributed by atoms with Crippen molar-refractivity contribution in [3.8, 4) is 0 Å². The number of rotatable bonds is 5. The summed E-state index contributed by atoms with van der Waals surface area (Å²) in [6, 6.07) is 8.73. The van der Waals surface area contributed by atoms with E-state index in [9.17, 15) is 4.79 Å². The molecule has 2 amide bonds. The van der Waals surface area contributed by atoms with Crippen LogP contribution in [0.5, 0.6) is 0 Å². The number of urea groups is 1. The van der Waals surface area contributed by atoms with Crippen LogP contribution >= 0.6 is 15.9 Å². The first-order valence-electron chi connectivity index (χ1n) is 10.8. The van der Waals surface area contributed by atoms with Crippen molar-refractivity contribution in [2.45, 2.75) is 57.7 Å². The third-order valence-electron chi connectivity index (χ3n) is 6.42. The normalized spacial score (nSPS) is 26.4. The van der Waals surface area contributed by atoms with Gasteiger partial charge >= 0.3 is 6.03 Å². The highest BCUT2D eigenvalue weighted by atomic mass is 79.9. The predicted octanol–water partition coefficient (Wildman–Crippen LogP) is 3.80. The van der Waals surface area contributed by atoms with E-state index >= 15 is 0 Å². The molecule has 1 aliphatic carbocycles. The molecule has 4 aliphatic rings. The molecule has 0 bridgehead atoms.